The molecule has 1 N–H and O–H groups in total. The number of fused-ring (bicyclic) bond motifs is 1. The van der Waals surface area contributed by atoms with Crippen LogP contribution in [0.4, 0.5) is 14.5 Å². The monoisotopic (exact) mass is 369 g/mol. The number of anilines is 1. The maximum absolute atomic E-state index is 13.7. The summed E-state index contributed by atoms with van der Waals surface area (Å²) in [6.45, 7) is 0. The molecule has 2 aromatic carbocycles. The van der Waals surface area contributed by atoms with Crippen LogP contribution in [0.3, 0.4) is 0 Å². The largest absolute Gasteiger partial charge is 0.321 e. The molecule has 1 amide bonds. The van der Waals surface area contributed by atoms with Gasteiger partial charge in [0, 0.05) is 22.8 Å². The number of amides is 1. The highest BCUT2D eigenvalue weighted by Crippen LogP contribution is 2.24. The number of nitrogens with zero attached hydrogens (tertiary/aromatic N) is 2. The van der Waals surface area contributed by atoms with E-state index in [1.54, 1.807) is 0 Å². The Balaban J connectivity index is 1.57. The molecule has 7 heteroatoms. The number of halogens is 2. The van der Waals surface area contributed by atoms with Crippen LogP contribution in [-0.4, -0.2) is 15.3 Å². The van der Waals surface area contributed by atoms with Gasteiger partial charge in [-0.2, -0.15) is 0 Å². The van der Waals surface area contributed by atoms with Crippen molar-refractivity contribution in [2.45, 2.75) is 6.42 Å². The van der Waals surface area contributed by atoms with E-state index in [2.05, 4.69) is 10.3 Å². The van der Waals surface area contributed by atoms with Crippen molar-refractivity contribution < 1.29 is 13.6 Å². The number of imidazole rings is 1. The summed E-state index contributed by atoms with van der Waals surface area (Å²) in [5, 5.41) is 4.12. The fourth-order valence-electron chi connectivity index (χ4n) is 2.67. The molecule has 0 saturated heterocycles. The lowest BCUT2D eigenvalue weighted by atomic mass is 10.2. The maximum atomic E-state index is 13.7. The topological polar surface area (TPSA) is 46.4 Å². The molecule has 4 nitrogen and oxygen atoms in total. The minimum Gasteiger partial charge on any atom is -0.321 e. The number of benzene rings is 2. The van der Waals surface area contributed by atoms with Crippen molar-refractivity contribution in [2.24, 2.45) is 0 Å². The number of carbonyl (C=O) groups is 1. The predicted molar refractivity (Wildman–Crippen MR) is 97.2 cm³/mol. The normalized spacial score (nSPS) is 11.0. The van der Waals surface area contributed by atoms with Gasteiger partial charge in [-0.3, -0.25) is 9.20 Å². The van der Waals surface area contributed by atoms with Gasteiger partial charge >= 0.3 is 0 Å². The molecule has 0 fully saturated rings. The van der Waals surface area contributed by atoms with E-state index in [9.17, 15) is 13.6 Å². The molecule has 0 spiro atoms. The molecule has 0 unspecified atom stereocenters. The van der Waals surface area contributed by atoms with Gasteiger partial charge in [-0.05, 0) is 12.1 Å². The van der Waals surface area contributed by atoms with Crippen molar-refractivity contribution >= 4 is 27.9 Å². The van der Waals surface area contributed by atoms with Crippen LogP contribution in [0.5, 0.6) is 0 Å². The molecule has 130 valence electrons. The zero-order valence-corrected chi connectivity index (χ0v) is 14.3. The lowest BCUT2D eigenvalue weighted by molar-refractivity contribution is -0.115. The first-order valence-electron chi connectivity index (χ1n) is 7.86. The van der Waals surface area contributed by atoms with Crippen LogP contribution in [0.25, 0.3) is 16.2 Å². The molecule has 2 heterocycles. The first-order valence-corrected chi connectivity index (χ1v) is 8.74. The fraction of sp³-hybridized carbons (Fsp3) is 0.0526. The van der Waals surface area contributed by atoms with Crippen molar-refractivity contribution in [1.82, 2.24) is 9.38 Å². The molecule has 0 atom stereocenters. The number of carbonyl (C=O) groups excluding carboxylic acids is 1. The molecule has 4 rings (SSSR count). The van der Waals surface area contributed by atoms with Crippen molar-refractivity contribution in [2.75, 3.05) is 5.32 Å². The van der Waals surface area contributed by atoms with E-state index in [1.807, 2.05) is 46.3 Å². The Morgan fingerprint density at radius 1 is 1.08 bits per heavy atom. The van der Waals surface area contributed by atoms with Gasteiger partial charge < -0.3 is 5.32 Å². The summed E-state index contributed by atoms with van der Waals surface area (Å²) in [5.41, 5.74) is 2.06. The summed E-state index contributed by atoms with van der Waals surface area (Å²) in [5.74, 6) is -2.10. The maximum Gasteiger partial charge on any atom is 0.230 e. The molecule has 26 heavy (non-hydrogen) atoms. The average molecular weight is 369 g/mol. The Morgan fingerprint density at radius 2 is 1.81 bits per heavy atom. The van der Waals surface area contributed by atoms with Gasteiger partial charge in [0.2, 0.25) is 5.91 Å². The van der Waals surface area contributed by atoms with Gasteiger partial charge in [0.05, 0.1) is 12.1 Å². The second kappa shape index (κ2) is 6.68. The molecular formula is C19H13F2N3OS. The summed E-state index contributed by atoms with van der Waals surface area (Å²) in [6.07, 6.45) is 1.84. The predicted octanol–water partition coefficient (Wildman–Crippen LogP) is 4.52. The van der Waals surface area contributed by atoms with Crippen LogP contribution in [0, 0.1) is 11.6 Å². The van der Waals surface area contributed by atoms with Crippen molar-refractivity contribution in [3.8, 4) is 11.3 Å². The highest BCUT2D eigenvalue weighted by atomic mass is 32.1. The minimum absolute atomic E-state index is 0.0155. The highest BCUT2D eigenvalue weighted by molar-refractivity contribution is 7.15. The number of rotatable bonds is 4. The zero-order chi connectivity index (χ0) is 18.1. The minimum atomic E-state index is -0.803. The Kier molecular flexibility index (Phi) is 4.22. The van der Waals surface area contributed by atoms with Gasteiger partial charge in [-0.1, -0.05) is 36.4 Å². The fourth-order valence-corrected chi connectivity index (χ4v) is 3.54. The smallest absolute Gasteiger partial charge is 0.230 e. The van der Waals surface area contributed by atoms with E-state index in [0.29, 0.717) is 5.69 Å². The molecular weight excluding hydrogens is 356 g/mol. The first-order chi connectivity index (χ1) is 12.6. The van der Waals surface area contributed by atoms with E-state index in [-0.39, 0.29) is 6.42 Å². The Hall–Kier alpha value is -3.06. The van der Waals surface area contributed by atoms with Crippen LogP contribution in [0.2, 0.25) is 0 Å². The van der Waals surface area contributed by atoms with Crippen LogP contribution in [-0.2, 0) is 11.2 Å². The van der Waals surface area contributed by atoms with Gasteiger partial charge in [-0.25, -0.2) is 13.8 Å². The lowest BCUT2D eigenvalue weighted by Gasteiger charge is -2.07. The summed E-state index contributed by atoms with van der Waals surface area (Å²) in [4.78, 5) is 17.5. The number of para-hydroxylation sites is 1. The third-order valence-corrected chi connectivity index (χ3v) is 4.81. The Morgan fingerprint density at radius 3 is 2.54 bits per heavy atom. The summed E-state index contributed by atoms with van der Waals surface area (Å²) >= 11 is 1.41. The van der Waals surface area contributed by atoms with E-state index in [1.165, 1.54) is 17.4 Å². The van der Waals surface area contributed by atoms with Crippen molar-refractivity contribution in [3.63, 3.8) is 0 Å². The summed E-state index contributed by atoms with van der Waals surface area (Å²) in [6, 6.07) is 13.2. The Bertz CT molecular complexity index is 1070. The quantitative estimate of drug-likeness (QED) is 0.575. The van der Waals surface area contributed by atoms with Gasteiger partial charge in [-0.15, -0.1) is 11.3 Å². The van der Waals surface area contributed by atoms with Crippen molar-refractivity contribution in [1.29, 1.82) is 0 Å². The summed E-state index contributed by atoms with van der Waals surface area (Å²) < 4.78 is 29.2. The number of hydrogen-bond donors (Lipinski definition) is 1. The molecule has 0 aliphatic heterocycles. The van der Waals surface area contributed by atoms with Gasteiger partial charge in [0.15, 0.2) is 4.96 Å². The van der Waals surface area contributed by atoms with E-state index < -0.39 is 23.2 Å². The van der Waals surface area contributed by atoms with Crippen LogP contribution >= 0.6 is 11.3 Å². The third kappa shape index (κ3) is 3.09. The number of nitrogens with one attached hydrogen (secondary N) is 1. The highest BCUT2D eigenvalue weighted by Gasteiger charge is 2.15. The molecule has 0 radical (unpaired) electrons. The molecule has 2 aromatic heterocycles. The number of hydrogen-bond acceptors (Lipinski definition) is 3. The average Bonchev–Trinajstić information content (AvgIpc) is 3.21. The SMILES string of the molecule is O=C(Cc1csc2nc(-c3ccccc3)cn12)Nc1c(F)cccc1F. The standard InChI is InChI=1S/C19H13F2N3OS/c20-14-7-4-8-15(21)18(14)23-17(25)9-13-11-26-19-22-16(10-24(13)19)12-5-2-1-3-6-12/h1-8,10-11H,9H2,(H,23,25). The van der Waals surface area contributed by atoms with Crippen molar-refractivity contribution in [3.05, 3.63) is 77.4 Å². The van der Waals surface area contributed by atoms with E-state index in [4.69, 9.17) is 0 Å². The van der Waals surface area contributed by atoms with Crippen LogP contribution < -0.4 is 5.32 Å². The second-order valence-electron chi connectivity index (χ2n) is 5.69. The van der Waals surface area contributed by atoms with Gasteiger partial charge in [0.1, 0.15) is 17.3 Å². The molecule has 0 saturated carbocycles. The van der Waals surface area contributed by atoms with Gasteiger partial charge in [0.25, 0.3) is 0 Å². The molecule has 0 aliphatic rings. The third-order valence-electron chi connectivity index (χ3n) is 3.92. The lowest BCUT2D eigenvalue weighted by Crippen LogP contribution is -2.17. The van der Waals surface area contributed by atoms with Crippen LogP contribution in [0.15, 0.2) is 60.1 Å². The van der Waals surface area contributed by atoms with E-state index >= 15 is 0 Å². The molecule has 0 aliphatic carbocycles. The van der Waals surface area contributed by atoms with Crippen LogP contribution in [0.1, 0.15) is 5.69 Å². The van der Waals surface area contributed by atoms with E-state index in [0.717, 1.165) is 28.4 Å². The first kappa shape index (κ1) is 16.4. The molecule has 0 bridgehead atoms. The molecule has 4 aromatic rings. The summed E-state index contributed by atoms with van der Waals surface area (Å²) in [7, 11) is 0. The number of aromatic nitrogens is 2. The second-order valence-corrected chi connectivity index (χ2v) is 6.53. The zero-order valence-electron chi connectivity index (χ0n) is 13.4. The Labute approximate surface area is 151 Å². The number of thiazole rings is 1.